The number of carbonyl (C=O) groups is 1. The second-order valence-corrected chi connectivity index (χ2v) is 7.73. The number of hydrogen-bond donors (Lipinski definition) is 2. The maximum Gasteiger partial charge on any atom is 0.324 e. The molecule has 2 N–H and O–H groups in total. The fraction of sp³-hybridized carbons (Fsp3) is 0.500. The number of anilines is 2. The Hall–Kier alpha value is -2.58. The topological polar surface area (TPSA) is 88.9 Å². The van der Waals surface area contributed by atoms with E-state index in [1.807, 2.05) is 32.9 Å². The van der Waals surface area contributed by atoms with Crippen LogP contribution in [0.25, 0.3) is 0 Å². The highest BCUT2D eigenvalue weighted by molar-refractivity contribution is 5.99. The number of ether oxygens (including phenoxy) is 2. The van der Waals surface area contributed by atoms with Crippen LogP contribution in [0.1, 0.15) is 26.5 Å². The van der Waals surface area contributed by atoms with Gasteiger partial charge in [0.1, 0.15) is 18.1 Å². The minimum absolute atomic E-state index is 0.166. The molecule has 1 aliphatic rings. The number of urea groups is 1. The standard InChI is InChI=1S/C20H28N4O4/c1-20(2,3)17-14-18(23-28-17)22-19(25)21-15-4-6-16(7-5-15)27-13-10-24-8-11-26-12-9-24/h4-7,14H,8-13H2,1-3H3,(H2,21,22,23,25). The predicted molar refractivity (Wildman–Crippen MR) is 107 cm³/mol. The zero-order chi connectivity index (χ0) is 20.0. The fourth-order valence-corrected chi connectivity index (χ4v) is 2.72. The van der Waals surface area contributed by atoms with E-state index >= 15 is 0 Å². The van der Waals surface area contributed by atoms with Gasteiger partial charge in [-0.1, -0.05) is 25.9 Å². The Morgan fingerprint density at radius 3 is 2.54 bits per heavy atom. The van der Waals surface area contributed by atoms with Crippen molar-refractivity contribution < 1.29 is 18.8 Å². The molecule has 2 heterocycles. The van der Waals surface area contributed by atoms with Crippen molar-refractivity contribution >= 4 is 17.5 Å². The van der Waals surface area contributed by atoms with Crippen LogP contribution in [-0.4, -0.2) is 55.5 Å². The van der Waals surface area contributed by atoms with Crippen LogP contribution < -0.4 is 15.4 Å². The summed E-state index contributed by atoms with van der Waals surface area (Å²) in [4.78, 5) is 14.4. The Morgan fingerprint density at radius 1 is 1.18 bits per heavy atom. The number of aromatic nitrogens is 1. The maximum atomic E-state index is 12.1. The van der Waals surface area contributed by atoms with E-state index < -0.39 is 0 Å². The van der Waals surface area contributed by atoms with Crippen LogP contribution in [0.2, 0.25) is 0 Å². The summed E-state index contributed by atoms with van der Waals surface area (Å²) in [7, 11) is 0. The van der Waals surface area contributed by atoms with Crippen LogP contribution >= 0.6 is 0 Å². The van der Waals surface area contributed by atoms with Crippen molar-refractivity contribution in [2.24, 2.45) is 0 Å². The summed E-state index contributed by atoms with van der Waals surface area (Å²) in [5.74, 6) is 1.86. The van der Waals surface area contributed by atoms with Crippen LogP contribution in [0.5, 0.6) is 5.75 Å². The lowest BCUT2D eigenvalue weighted by Gasteiger charge is -2.26. The van der Waals surface area contributed by atoms with Crippen LogP contribution in [0, 0.1) is 0 Å². The van der Waals surface area contributed by atoms with E-state index in [1.165, 1.54) is 0 Å². The Balaban J connectivity index is 1.43. The highest BCUT2D eigenvalue weighted by Gasteiger charge is 2.20. The molecule has 0 saturated carbocycles. The van der Waals surface area contributed by atoms with E-state index in [1.54, 1.807) is 18.2 Å². The predicted octanol–water partition coefficient (Wildman–Crippen LogP) is 3.33. The molecule has 1 aromatic heterocycles. The molecule has 1 fully saturated rings. The molecule has 0 spiro atoms. The molecule has 0 unspecified atom stereocenters. The molecule has 3 rings (SSSR count). The molecular weight excluding hydrogens is 360 g/mol. The van der Waals surface area contributed by atoms with Gasteiger partial charge in [-0.05, 0) is 24.3 Å². The van der Waals surface area contributed by atoms with Crippen molar-refractivity contribution in [2.45, 2.75) is 26.2 Å². The van der Waals surface area contributed by atoms with Gasteiger partial charge in [-0.3, -0.25) is 10.2 Å². The van der Waals surface area contributed by atoms with Gasteiger partial charge in [-0.2, -0.15) is 0 Å². The largest absolute Gasteiger partial charge is 0.492 e. The summed E-state index contributed by atoms with van der Waals surface area (Å²) in [6, 6.07) is 8.62. The van der Waals surface area contributed by atoms with Gasteiger partial charge < -0.3 is 19.3 Å². The molecule has 1 aliphatic heterocycles. The number of morpholine rings is 1. The van der Waals surface area contributed by atoms with Gasteiger partial charge in [-0.25, -0.2) is 4.79 Å². The number of rotatable bonds is 6. The first-order valence-electron chi connectivity index (χ1n) is 9.48. The monoisotopic (exact) mass is 388 g/mol. The third-order valence-corrected chi connectivity index (χ3v) is 4.38. The molecule has 0 aliphatic carbocycles. The maximum absolute atomic E-state index is 12.1. The van der Waals surface area contributed by atoms with Crippen LogP contribution in [0.3, 0.4) is 0 Å². The first kappa shape index (κ1) is 20.2. The lowest BCUT2D eigenvalue weighted by atomic mass is 9.93. The van der Waals surface area contributed by atoms with Gasteiger partial charge in [0.05, 0.1) is 13.2 Å². The number of benzene rings is 1. The smallest absolute Gasteiger partial charge is 0.324 e. The van der Waals surface area contributed by atoms with E-state index in [4.69, 9.17) is 14.0 Å². The first-order chi connectivity index (χ1) is 13.4. The number of nitrogens with one attached hydrogen (secondary N) is 2. The minimum atomic E-state index is -0.380. The Morgan fingerprint density at radius 2 is 1.89 bits per heavy atom. The molecule has 28 heavy (non-hydrogen) atoms. The molecule has 2 amide bonds. The number of carbonyl (C=O) groups excluding carboxylic acids is 1. The fourth-order valence-electron chi connectivity index (χ4n) is 2.72. The first-order valence-corrected chi connectivity index (χ1v) is 9.48. The van der Waals surface area contributed by atoms with Gasteiger partial charge >= 0.3 is 6.03 Å². The molecule has 8 heteroatoms. The van der Waals surface area contributed by atoms with E-state index in [0.717, 1.165) is 38.6 Å². The third-order valence-electron chi connectivity index (χ3n) is 4.38. The molecule has 8 nitrogen and oxygen atoms in total. The molecule has 2 aromatic rings. The summed E-state index contributed by atoms with van der Waals surface area (Å²) in [6.45, 7) is 11.0. The second kappa shape index (κ2) is 9.07. The molecule has 0 bridgehead atoms. The second-order valence-electron chi connectivity index (χ2n) is 7.73. The summed E-state index contributed by atoms with van der Waals surface area (Å²) >= 11 is 0. The molecular formula is C20H28N4O4. The van der Waals surface area contributed by atoms with Gasteiger partial charge in [0.25, 0.3) is 0 Å². The van der Waals surface area contributed by atoms with Crippen molar-refractivity contribution in [1.82, 2.24) is 10.1 Å². The van der Waals surface area contributed by atoms with E-state index in [-0.39, 0.29) is 11.4 Å². The van der Waals surface area contributed by atoms with Gasteiger partial charge in [-0.15, -0.1) is 0 Å². The van der Waals surface area contributed by atoms with E-state index in [9.17, 15) is 4.79 Å². The average Bonchev–Trinajstić information content (AvgIpc) is 3.13. The normalized spacial score (nSPS) is 15.2. The minimum Gasteiger partial charge on any atom is -0.492 e. The summed E-state index contributed by atoms with van der Waals surface area (Å²) in [6.07, 6.45) is 0. The highest BCUT2D eigenvalue weighted by atomic mass is 16.5. The molecule has 1 saturated heterocycles. The number of amides is 2. The number of nitrogens with zero attached hydrogens (tertiary/aromatic N) is 2. The lowest BCUT2D eigenvalue weighted by Crippen LogP contribution is -2.38. The van der Waals surface area contributed by atoms with E-state index in [2.05, 4.69) is 20.7 Å². The van der Waals surface area contributed by atoms with Crippen LogP contribution in [0.4, 0.5) is 16.3 Å². The van der Waals surface area contributed by atoms with Gasteiger partial charge in [0.15, 0.2) is 5.82 Å². The van der Waals surface area contributed by atoms with Crippen molar-refractivity contribution in [3.8, 4) is 5.75 Å². The molecule has 152 valence electrons. The van der Waals surface area contributed by atoms with Crippen molar-refractivity contribution in [3.63, 3.8) is 0 Å². The van der Waals surface area contributed by atoms with Crippen molar-refractivity contribution in [1.29, 1.82) is 0 Å². The molecule has 0 radical (unpaired) electrons. The average molecular weight is 388 g/mol. The Labute approximate surface area is 165 Å². The Bertz CT molecular complexity index is 761. The Kier molecular flexibility index (Phi) is 6.53. The van der Waals surface area contributed by atoms with Gasteiger partial charge in [0, 0.05) is 36.8 Å². The third kappa shape index (κ3) is 5.97. The SMILES string of the molecule is CC(C)(C)c1cc(NC(=O)Nc2ccc(OCCN3CCOCC3)cc2)no1. The lowest BCUT2D eigenvalue weighted by molar-refractivity contribution is 0.0322. The van der Waals surface area contributed by atoms with Crippen molar-refractivity contribution in [3.05, 3.63) is 36.1 Å². The summed E-state index contributed by atoms with van der Waals surface area (Å²) < 4.78 is 16.4. The quantitative estimate of drug-likeness (QED) is 0.789. The van der Waals surface area contributed by atoms with Crippen LogP contribution in [-0.2, 0) is 10.2 Å². The van der Waals surface area contributed by atoms with Crippen LogP contribution in [0.15, 0.2) is 34.9 Å². The highest BCUT2D eigenvalue weighted by Crippen LogP contribution is 2.24. The zero-order valence-corrected chi connectivity index (χ0v) is 16.7. The molecule has 0 atom stereocenters. The summed E-state index contributed by atoms with van der Waals surface area (Å²) in [5.41, 5.74) is 0.499. The van der Waals surface area contributed by atoms with E-state index in [0.29, 0.717) is 23.9 Å². The van der Waals surface area contributed by atoms with Crippen molar-refractivity contribution in [2.75, 3.05) is 50.1 Å². The van der Waals surface area contributed by atoms with Gasteiger partial charge in [0.2, 0.25) is 0 Å². The number of hydrogen-bond acceptors (Lipinski definition) is 6. The summed E-state index contributed by atoms with van der Waals surface area (Å²) in [5, 5.41) is 9.30. The molecule has 1 aromatic carbocycles. The zero-order valence-electron chi connectivity index (χ0n) is 16.7.